The molecule has 6 nitrogen and oxygen atoms in total. The highest BCUT2D eigenvalue weighted by Crippen LogP contribution is 2.23. The van der Waals surface area contributed by atoms with E-state index in [1.54, 1.807) is 0 Å². The molecule has 1 aromatic rings. The summed E-state index contributed by atoms with van der Waals surface area (Å²) in [6.45, 7) is 1.76. The number of nitrogen functional groups attached to an aromatic ring is 1. The Hall–Kier alpha value is -1.31. The molecule has 1 heterocycles. The van der Waals surface area contributed by atoms with E-state index >= 15 is 0 Å². The monoisotopic (exact) mass is 285 g/mol. The molecule has 1 aromatic carbocycles. The summed E-state index contributed by atoms with van der Waals surface area (Å²) in [5.74, 6) is -0.113. The van der Waals surface area contributed by atoms with Crippen molar-refractivity contribution >= 4 is 15.7 Å². The van der Waals surface area contributed by atoms with Crippen molar-refractivity contribution in [1.29, 1.82) is 0 Å². The number of phenolic OH excluding ortho intramolecular Hbond substituents is 1. The third kappa shape index (κ3) is 3.37. The second kappa shape index (κ2) is 5.36. The number of piperidine rings is 1. The fraction of sp³-hybridized carbons (Fsp3) is 0.500. The number of hydrogen-bond donors (Lipinski definition) is 3. The van der Waals surface area contributed by atoms with Gasteiger partial charge < -0.3 is 15.7 Å². The third-order valence-corrected chi connectivity index (χ3v) is 4.87. The second-order valence-electron chi connectivity index (χ2n) is 4.92. The number of sulfonamides is 1. The molecule has 0 amide bonds. The zero-order valence-electron chi connectivity index (χ0n) is 10.8. The van der Waals surface area contributed by atoms with Crippen LogP contribution in [0.4, 0.5) is 5.69 Å². The van der Waals surface area contributed by atoms with E-state index in [1.807, 2.05) is 7.05 Å². The molecule has 0 aliphatic carbocycles. The average molecular weight is 285 g/mol. The van der Waals surface area contributed by atoms with Crippen LogP contribution in [0.15, 0.2) is 23.1 Å². The number of likely N-dealkylation sites (tertiary alicyclic amines) is 1. The largest absolute Gasteiger partial charge is 0.506 e. The Balaban J connectivity index is 2.11. The van der Waals surface area contributed by atoms with Gasteiger partial charge in [0.15, 0.2) is 0 Å². The summed E-state index contributed by atoms with van der Waals surface area (Å²) in [6, 6.07) is 3.87. The maximum absolute atomic E-state index is 12.2. The number of nitrogens with two attached hydrogens (primary N) is 1. The summed E-state index contributed by atoms with van der Waals surface area (Å²) in [4.78, 5) is 2.25. The summed E-state index contributed by atoms with van der Waals surface area (Å²) in [6.07, 6.45) is 1.59. The Labute approximate surface area is 113 Å². The lowest BCUT2D eigenvalue weighted by atomic mass is 10.1. The first-order chi connectivity index (χ1) is 8.88. The molecule has 4 N–H and O–H groups in total. The predicted molar refractivity (Wildman–Crippen MR) is 73.4 cm³/mol. The van der Waals surface area contributed by atoms with Crippen molar-refractivity contribution in [3.05, 3.63) is 18.2 Å². The Kier molecular flexibility index (Phi) is 3.98. The Morgan fingerprint density at radius 2 is 2.00 bits per heavy atom. The van der Waals surface area contributed by atoms with Crippen molar-refractivity contribution in [3.63, 3.8) is 0 Å². The van der Waals surface area contributed by atoms with Crippen LogP contribution < -0.4 is 10.5 Å². The average Bonchev–Trinajstić information content (AvgIpc) is 2.35. The zero-order chi connectivity index (χ0) is 14.0. The summed E-state index contributed by atoms with van der Waals surface area (Å²) in [5, 5.41) is 9.31. The molecule has 0 radical (unpaired) electrons. The van der Waals surface area contributed by atoms with Crippen molar-refractivity contribution < 1.29 is 13.5 Å². The SMILES string of the molecule is CN1CCC(NS(=O)(=O)c2ccc(O)c(N)c2)CC1. The molecular weight excluding hydrogens is 266 g/mol. The van der Waals surface area contributed by atoms with Gasteiger partial charge in [-0.2, -0.15) is 0 Å². The summed E-state index contributed by atoms with van der Waals surface area (Å²) < 4.78 is 27.1. The van der Waals surface area contributed by atoms with E-state index in [4.69, 9.17) is 5.73 Å². The van der Waals surface area contributed by atoms with Gasteiger partial charge in [-0.3, -0.25) is 0 Å². The number of anilines is 1. The van der Waals surface area contributed by atoms with Crippen LogP contribution in [-0.2, 0) is 10.0 Å². The standard InChI is InChI=1S/C12H19N3O3S/c1-15-6-4-9(5-7-15)14-19(17,18)10-2-3-12(16)11(13)8-10/h2-3,8-9,14,16H,4-7,13H2,1H3. The molecule has 1 fully saturated rings. The highest BCUT2D eigenvalue weighted by Gasteiger charge is 2.23. The molecule has 0 bridgehead atoms. The van der Waals surface area contributed by atoms with Gasteiger partial charge in [0.05, 0.1) is 10.6 Å². The van der Waals surface area contributed by atoms with E-state index in [9.17, 15) is 13.5 Å². The number of phenols is 1. The molecule has 1 aliphatic rings. The highest BCUT2D eigenvalue weighted by atomic mass is 32.2. The lowest BCUT2D eigenvalue weighted by Crippen LogP contribution is -2.43. The molecule has 0 unspecified atom stereocenters. The van der Waals surface area contributed by atoms with Gasteiger partial charge in [-0.1, -0.05) is 0 Å². The summed E-state index contributed by atoms with van der Waals surface area (Å²) in [5.41, 5.74) is 5.58. The first-order valence-electron chi connectivity index (χ1n) is 6.18. The minimum atomic E-state index is -3.58. The minimum Gasteiger partial charge on any atom is -0.506 e. The van der Waals surface area contributed by atoms with Crippen LogP contribution >= 0.6 is 0 Å². The van der Waals surface area contributed by atoms with Gasteiger partial charge in [0, 0.05) is 6.04 Å². The van der Waals surface area contributed by atoms with Crippen LogP contribution in [0.3, 0.4) is 0 Å². The zero-order valence-corrected chi connectivity index (χ0v) is 11.7. The molecule has 0 atom stereocenters. The van der Waals surface area contributed by atoms with E-state index in [1.165, 1.54) is 18.2 Å². The maximum Gasteiger partial charge on any atom is 0.240 e. The van der Waals surface area contributed by atoms with Gasteiger partial charge in [0.25, 0.3) is 0 Å². The minimum absolute atomic E-state index is 0.0452. The quantitative estimate of drug-likeness (QED) is 0.550. The van der Waals surface area contributed by atoms with Crippen molar-refractivity contribution in [3.8, 4) is 5.75 Å². The number of hydrogen-bond acceptors (Lipinski definition) is 5. The van der Waals surface area contributed by atoms with Crippen molar-refractivity contribution in [2.45, 2.75) is 23.8 Å². The van der Waals surface area contributed by atoms with Crippen LogP contribution in [0, 0.1) is 0 Å². The van der Waals surface area contributed by atoms with Gasteiger partial charge in [-0.25, -0.2) is 13.1 Å². The fourth-order valence-corrected chi connectivity index (χ4v) is 3.45. The molecule has 1 aliphatic heterocycles. The first kappa shape index (κ1) is 14.1. The molecule has 0 saturated carbocycles. The van der Waals surface area contributed by atoms with Gasteiger partial charge in [-0.15, -0.1) is 0 Å². The van der Waals surface area contributed by atoms with Crippen molar-refractivity contribution in [2.75, 3.05) is 25.9 Å². The van der Waals surface area contributed by atoms with Crippen LogP contribution in [0.1, 0.15) is 12.8 Å². The summed E-state index contributed by atoms with van der Waals surface area (Å²) in [7, 11) is -1.56. The smallest absolute Gasteiger partial charge is 0.240 e. The lowest BCUT2D eigenvalue weighted by molar-refractivity contribution is 0.248. The predicted octanol–water partition coefficient (Wildman–Crippen LogP) is 0.347. The molecule has 19 heavy (non-hydrogen) atoms. The van der Waals surface area contributed by atoms with Crippen LogP contribution in [0.2, 0.25) is 0 Å². The molecule has 1 saturated heterocycles. The third-order valence-electron chi connectivity index (χ3n) is 3.35. The summed E-state index contributed by atoms with van der Waals surface area (Å²) >= 11 is 0. The van der Waals surface area contributed by atoms with Gasteiger partial charge in [-0.05, 0) is 51.2 Å². The van der Waals surface area contributed by atoms with E-state index < -0.39 is 10.0 Å². The van der Waals surface area contributed by atoms with E-state index in [0.29, 0.717) is 0 Å². The molecule has 106 valence electrons. The molecule has 0 spiro atoms. The number of rotatable bonds is 3. The highest BCUT2D eigenvalue weighted by molar-refractivity contribution is 7.89. The van der Waals surface area contributed by atoms with Gasteiger partial charge in [0.2, 0.25) is 10.0 Å². The number of nitrogens with zero attached hydrogens (tertiary/aromatic N) is 1. The Morgan fingerprint density at radius 1 is 1.37 bits per heavy atom. The van der Waals surface area contributed by atoms with E-state index in [0.717, 1.165) is 25.9 Å². The molecular formula is C12H19N3O3S. The van der Waals surface area contributed by atoms with Crippen molar-refractivity contribution in [1.82, 2.24) is 9.62 Å². The lowest BCUT2D eigenvalue weighted by Gasteiger charge is -2.29. The van der Waals surface area contributed by atoms with Gasteiger partial charge >= 0.3 is 0 Å². The van der Waals surface area contributed by atoms with E-state index in [2.05, 4.69) is 9.62 Å². The Bertz CT molecular complexity index is 551. The van der Waals surface area contributed by atoms with E-state index in [-0.39, 0.29) is 22.4 Å². The normalized spacial score (nSPS) is 18.6. The number of aromatic hydroxyl groups is 1. The number of nitrogens with one attached hydrogen (secondary N) is 1. The van der Waals surface area contributed by atoms with Gasteiger partial charge in [0.1, 0.15) is 5.75 Å². The Morgan fingerprint density at radius 3 is 2.58 bits per heavy atom. The van der Waals surface area contributed by atoms with Crippen LogP contribution in [0.5, 0.6) is 5.75 Å². The topological polar surface area (TPSA) is 95.7 Å². The molecule has 0 aromatic heterocycles. The number of benzene rings is 1. The van der Waals surface area contributed by atoms with Crippen LogP contribution in [0.25, 0.3) is 0 Å². The maximum atomic E-state index is 12.2. The first-order valence-corrected chi connectivity index (χ1v) is 7.66. The molecule has 7 heteroatoms. The fourth-order valence-electron chi connectivity index (χ4n) is 2.11. The van der Waals surface area contributed by atoms with Crippen molar-refractivity contribution in [2.24, 2.45) is 0 Å². The second-order valence-corrected chi connectivity index (χ2v) is 6.63. The molecule has 2 rings (SSSR count). The van der Waals surface area contributed by atoms with Crippen LogP contribution in [-0.4, -0.2) is 44.6 Å².